The predicted molar refractivity (Wildman–Crippen MR) is 35.9 cm³/mol. The summed E-state index contributed by atoms with van der Waals surface area (Å²) in [6.45, 7) is 1.60. The lowest BCUT2D eigenvalue weighted by molar-refractivity contribution is -0.143. The van der Waals surface area contributed by atoms with E-state index in [-0.39, 0.29) is 0 Å². The Hall–Kier alpha value is -0.930. The average Bonchev–Trinajstić information content (AvgIpc) is 1.86. The predicted octanol–water partition coefficient (Wildman–Crippen LogP) is 1.98. The van der Waals surface area contributed by atoms with Crippen molar-refractivity contribution < 1.29 is 13.2 Å². The first-order valence-corrected chi connectivity index (χ1v) is 3.18. The molecule has 0 bridgehead atoms. The average molecular weight is 163 g/mol. The molecule has 0 aromatic heterocycles. The molecule has 0 spiro atoms. The van der Waals surface area contributed by atoms with Gasteiger partial charge in [0.15, 0.2) is 0 Å². The Kier molecular flexibility index (Phi) is 1.93. The summed E-state index contributed by atoms with van der Waals surface area (Å²) in [5.74, 6) is 0. The number of allylic oxidation sites excluding steroid dienone is 3. The molecule has 0 saturated carbocycles. The first kappa shape index (κ1) is 8.17. The van der Waals surface area contributed by atoms with Gasteiger partial charge < -0.3 is 5.32 Å². The molecule has 1 atom stereocenters. The van der Waals surface area contributed by atoms with E-state index in [0.717, 1.165) is 6.08 Å². The van der Waals surface area contributed by atoms with E-state index >= 15 is 0 Å². The second-order valence-electron chi connectivity index (χ2n) is 2.40. The van der Waals surface area contributed by atoms with Gasteiger partial charge in [0, 0.05) is 5.70 Å². The zero-order valence-electron chi connectivity index (χ0n) is 5.94. The molecule has 1 aliphatic heterocycles. The van der Waals surface area contributed by atoms with Crippen LogP contribution in [-0.2, 0) is 0 Å². The van der Waals surface area contributed by atoms with Gasteiger partial charge in [-0.05, 0) is 13.0 Å². The van der Waals surface area contributed by atoms with E-state index in [2.05, 4.69) is 5.32 Å². The fourth-order valence-corrected chi connectivity index (χ4v) is 0.843. The smallest absolute Gasteiger partial charge is 0.374 e. The van der Waals surface area contributed by atoms with Crippen LogP contribution in [0.4, 0.5) is 13.2 Å². The second kappa shape index (κ2) is 2.60. The van der Waals surface area contributed by atoms with Crippen molar-refractivity contribution in [2.75, 3.05) is 0 Å². The molecule has 62 valence electrons. The zero-order valence-corrected chi connectivity index (χ0v) is 5.94. The van der Waals surface area contributed by atoms with Gasteiger partial charge in [-0.2, -0.15) is 13.2 Å². The summed E-state index contributed by atoms with van der Waals surface area (Å²) in [6, 6.07) is -1.52. The van der Waals surface area contributed by atoms with Crippen LogP contribution in [0.2, 0.25) is 0 Å². The van der Waals surface area contributed by atoms with E-state index in [9.17, 15) is 13.2 Å². The molecule has 0 aromatic carbocycles. The SMILES string of the molecule is CC1=CC=C[C@H](C(F)(F)F)N1. The number of hydrogen-bond acceptors (Lipinski definition) is 1. The standard InChI is InChI=1S/C7H8F3N/c1-5-3-2-4-6(11-5)7(8,9)10/h2-4,6,11H,1H3/t6-/m1/s1. The van der Waals surface area contributed by atoms with Crippen molar-refractivity contribution >= 4 is 0 Å². The number of alkyl halides is 3. The summed E-state index contributed by atoms with van der Waals surface area (Å²) >= 11 is 0. The molecule has 4 heteroatoms. The summed E-state index contributed by atoms with van der Waals surface area (Å²) < 4.78 is 35.9. The van der Waals surface area contributed by atoms with Crippen LogP contribution in [-0.4, -0.2) is 12.2 Å². The van der Waals surface area contributed by atoms with Crippen LogP contribution < -0.4 is 5.32 Å². The van der Waals surface area contributed by atoms with Gasteiger partial charge >= 0.3 is 6.18 Å². The van der Waals surface area contributed by atoms with E-state index in [0.29, 0.717) is 5.70 Å². The maximum atomic E-state index is 12.0. The Labute approximate surface area is 62.6 Å². The summed E-state index contributed by atoms with van der Waals surface area (Å²) in [5, 5.41) is 2.31. The van der Waals surface area contributed by atoms with Gasteiger partial charge in [0.05, 0.1) is 0 Å². The molecule has 1 N–H and O–H groups in total. The molecule has 0 fully saturated rings. The van der Waals surface area contributed by atoms with Crippen molar-refractivity contribution in [2.45, 2.75) is 19.1 Å². The zero-order chi connectivity index (χ0) is 8.48. The minimum absolute atomic E-state index is 0.537. The third-order valence-electron chi connectivity index (χ3n) is 1.39. The lowest BCUT2D eigenvalue weighted by Gasteiger charge is -2.21. The molecule has 1 heterocycles. The molecule has 0 saturated heterocycles. The van der Waals surface area contributed by atoms with E-state index in [1.807, 2.05) is 0 Å². The van der Waals surface area contributed by atoms with Gasteiger partial charge in [0.25, 0.3) is 0 Å². The van der Waals surface area contributed by atoms with Crippen molar-refractivity contribution in [3.8, 4) is 0 Å². The fourth-order valence-electron chi connectivity index (χ4n) is 0.843. The Bertz CT molecular complexity index is 202. The highest BCUT2D eigenvalue weighted by molar-refractivity contribution is 5.19. The first-order chi connectivity index (χ1) is 5.00. The summed E-state index contributed by atoms with van der Waals surface area (Å²) in [5.41, 5.74) is 0.537. The first-order valence-electron chi connectivity index (χ1n) is 3.18. The topological polar surface area (TPSA) is 12.0 Å². The van der Waals surface area contributed by atoms with Gasteiger partial charge in [-0.3, -0.25) is 0 Å². The van der Waals surface area contributed by atoms with Gasteiger partial charge in [-0.1, -0.05) is 12.2 Å². The van der Waals surface area contributed by atoms with Crippen LogP contribution in [0.1, 0.15) is 6.92 Å². The van der Waals surface area contributed by atoms with Gasteiger partial charge in [0.1, 0.15) is 6.04 Å². The lowest BCUT2D eigenvalue weighted by Crippen LogP contribution is -2.40. The second-order valence-corrected chi connectivity index (χ2v) is 2.40. The van der Waals surface area contributed by atoms with E-state index in [1.165, 1.54) is 6.08 Å². The molecule has 0 aliphatic carbocycles. The van der Waals surface area contributed by atoms with E-state index in [1.54, 1.807) is 13.0 Å². The molecule has 1 nitrogen and oxygen atoms in total. The van der Waals surface area contributed by atoms with Crippen LogP contribution in [0, 0.1) is 0 Å². The third kappa shape index (κ3) is 2.00. The van der Waals surface area contributed by atoms with Crippen molar-refractivity contribution in [3.05, 3.63) is 23.9 Å². The van der Waals surface area contributed by atoms with Crippen molar-refractivity contribution in [1.82, 2.24) is 5.32 Å². The highest BCUT2D eigenvalue weighted by Crippen LogP contribution is 2.23. The molecule has 11 heavy (non-hydrogen) atoms. The van der Waals surface area contributed by atoms with Crippen LogP contribution in [0.5, 0.6) is 0 Å². The Morgan fingerprint density at radius 3 is 2.45 bits per heavy atom. The number of rotatable bonds is 0. The van der Waals surface area contributed by atoms with Crippen molar-refractivity contribution in [3.63, 3.8) is 0 Å². The van der Waals surface area contributed by atoms with Gasteiger partial charge in [0.2, 0.25) is 0 Å². The Morgan fingerprint density at radius 2 is 2.09 bits per heavy atom. The van der Waals surface area contributed by atoms with Crippen LogP contribution in [0.15, 0.2) is 23.9 Å². The Morgan fingerprint density at radius 1 is 1.45 bits per heavy atom. The summed E-state index contributed by atoms with van der Waals surface area (Å²) in [6.07, 6.45) is -0.0920. The van der Waals surface area contributed by atoms with Crippen LogP contribution in [0.3, 0.4) is 0 Å². The number of hydrogen-bond donors (Lipinski definition) is 1. The van der Waals surface area contributed by atoms with Gasteiger partial charge in [-0.25, -0.2) is 0 Å². The maximum Gasteiger partial charge on any atom is 0.412 e. The number of dihydropyridines is 1. The van der Waals surface area contributed by atoms with Crippen LogP contribution >= 0.6 is 0 Å². The highest BCUT2D eigenvalue weighted by Gasteiger charge is 2.38. The molecule has 0 aromatic rings. The maximum absolute atomic E-state index is 12.0. The molecule has 1 aliphatic rings. The van der Waals surface area contributed by atoms with E-state index < -0.39 is 12.2 Å². The minimum Gasteiger partial charge on any atom is -0.374 e. The quantitative estimate of drug-likeness (QED) is 0.575. The van der Waals surface area contributed by atoms with Crippen molar-refractivity contribution in [2.24, 2.45) is 0 Å². The van der Waals surface area contributed by atoms with E-state index in [4.69, 9.17) is 0 Å². The monoisotopic (exact) mass is 163 g/mol. The third-order valence-corrected chi connectivity index (χ3v) is 1.39. The molecule has 1 rings (SSSR count). The van der Waals surface area contributed by atoms with Crippen LogP contribution in [0.25, 0.3) is 0 Å². The number of nitrogens with one attached hydrogen (secondary N) is 1. The van der Waals surface area contributed by atoms with Crippen molar-refractivity contribution in [1.29, 1.82) is 0 Å². The molecule has 0 unspecified atom stereocenters. The molecule has 0 radical (unpaired) electrons. The molecule has 0 amide bonds. The largest absolute Gasteiger partial charge is 0.412 e. The molecular formula is C7H8F3N. The molecular weight excluding hydrogens is 155 g/mol. The number of halogens is 3. The highest BCUT2D eigenvalue weighted by atomic mass is 19.4. The minimum atomic E-state index is -4.19. The Balaban J connectivity index is 2.67. The normalized spacial score (nSPS) is 24.4. The summed E-state index contributed by atoms with van der Waals surface area (Å²) in [7, 11) is 0. The fraction of sp³-hybridized carbons (Fsp3) is 0.429. The van der Waals surface area contributed by atoms with Gasteiger partial charge in [-0.15, -0.1) is 0 Å². The summed E-state index contributed by atoms with van der Waals surface area (Å²) in [4.78, 5) is 0. The lowest BCUT2D eigenvalue weighted by atomic mass is 10.2.